The molecule has 2 aromatic heterocycles. The predicted octanol–water partition coefficient (Wildman–Crippen LogP) is 4.26. The highest BCUT2D eigenvalue weighted by atomic mass is 16.5. The molecule has 5 heteroatoms. The van der Waals surface area contributed by atoms with Crippen LogP contribution in [0.3, 0.4) is 0 Å². The maximum atomic E-state index is 12.9. The van der Waals surface area contributed by atoms with Gasteiger partial charge in [0.15, 0.2) is 5.69 Å². The van der Waals surface area contributed by atoms with Gasteiger partial charge in [0, 0.05) is 17.4 Å². The highest BCUT2D eigenvalue weighted by Crippen LogP contribution is 2.26. The van der Waals surface area contributed by atoms with E-state index in [1.807, 2.05) is 59.1 Å². The van der Waals surface area contributed by atoms with Crippen LogP contribution in [0.5, 0.6) is 5.75 Å². The van der Waals surface area contributed by atoms with Crippen LogP contribution in [0.15, 0.2) is 79.0 Å². The summed E-state index contributed by atoms with van der Waals surface area (Å²) in [7, 11) is 1.61. The number of anilines is 1. The maximum absolute atomic E-state index is 12.9. The Labute approximate surface area is 150 Å². The molecule has 0 saturated heterocycles. The van der Waals surface area contributed by atoms with Gasteiger partial charge in [-0.3, -0.25) is 9.20 Å². The quantitative estimate of drug-likeness (QED) is 0.602. The van der Waals surface area contributed by atoms with Gasteiger partial charge in [0.05, 0.1) is 12.8 Å². The lowest BCUT2D eigenvalue weighted by Crippen LogP contribution is -2.13. The summed E-state index contributed by atoms with van der Waals surface area (Å²) in [5.41, 5.74) is 3.51. The first-order valence-electron chi connectivity index (χ1n) is 8.24. The largest absolute Gasteiger partial charge is 0.497 e. The van der Waals surface area contributed by atoms with Crippen LogP contribution < -0.4 is 10.1 Å². The second-order valence-corrected chi connectivity index (χ2v) is 5.79. The highest BCUT2D eigenvalue weighted by Gasteiger charge is 2.20. The molecule has 1 amide bonds. The number of amides is 1. The van der Waals surface area contributed by atoms with Crippen molar-refractivity contribution >= 4 is 17.2 Å². The maximum Gasteiger partial charge on any atom is 0.276 e. The van der Waals surface area contributed by atoms with Crippen molar-refractivity contribution in [3.63, 3.8) is 0 Å². The normalized spacial score (nSPS) is 10.7. The Morgan fingerprint density at radius 2 is 1.69 bits per heavy atom. The Bertz CT molecular complexity index is 1050. The van der Waals surface area contributed by atoms with Crippen molar-refractivity contribution in [1.82, 2.24) is 9.38 Å². The van der Waals surface area contributed by atoms with Crippen LogP contribution in [-0.4, -0.2) is 22.4 Å². The summed E-state index contributed by atoms with van der Waals surface area (Å²) in [5, 5.41) is 2.91. The zero-order chi connectivity index (χ0) is 17.9. The van der Waals surface area contributed by atoms with Crippen LogP contribution in [0, 0.1) is 0 Å². The van der Waals surface area contributed by atoms with E-state index in [1.165, 1.54) is 0 Å². The van der Waals surface area contributed by atoms with E-state index in [4.69, 9.17) is 4.74 Å². The van der Waals surface area contributed by atoms with Crippen molar-refractivity contribution in [2.45, 2.75) is 0 Å². The minimum Gasteiger partial charge on any atom is -0.497 e. The minimum absolute atomic E-state index is 0.252. The number of carbonyl (C=O) groups is 1. The first-order chi connectivity index (χ1) is 12.8. The van der Waals surface area contributed by atoms with E-state index in [1.54, 1.807) is 31.4 Å². The molecule has 0 aliphatic heterocycles. The topological polar surface area (TPSA) is 55.6 Å². The molecular formula is C21H17N3O2. The molecule has 0 spiro atoms. The molecule has 2 aromatic carbocycles. The number of pyridine rings is 1. The van der Waals surface area contributed by atoms with Crippen LogP contribution in [0.2, 0.25) is 0 Å². The van der Waals surface area contributed by atoms with Gasteiger partial charge in [-0.25, -0.2) is 4.98 Å². The molecule has 4 rings (SSSR count). The number of imidazole rings is 1. The first kappa shape index (κ1) is 15.9. The summed E-state index contributed by atoms with van der Waals surface area (Å²) in [6.07, 6.45) is 1.91. The van der Waals surface area contributed by atoms with Gasteiger partial charge in [-0.15, -0.1) is 0 Å². The Balaban J connectivity index is 1.76. The minimum atomic E-state index is -0.252. The molecule has 0 atom stereocenters. The fourth-order valence-electron chi connectivity index (χ4n) is 2.89. The van der Waals surface area contributed by atoms with Gasteiger partial charge < -0.3 is 10.1 Å². The van der Waals surface area contributed by atoms with Gasteiger partial charge in [0.25, 0.3) is 5.91 Å². The molecule has 0 saturated carbocycles. The SMILES string of the molecule is COc1ccc(NC(=O)c2nc3ccccn3c2-c2ccccc2)cc1. The molecular weight excluding hydrogens is 326 g/mol. The van der Waals surface area contributed by atoms with E-state index in [9.17, 15) is 4.79 Å². The van der Waals surface area contributed by atoms with Crippen molar-refractivity contribution in [3.8, 4) is 17.0 Å². The molecule has 4 aromatic rings. The summed E-state index contributed by atoms with van der Waals surface area (Å²) >= 11 is 0. The third-order valence-corrected chi connectivity index (χ3v) is 4.14. The van der Waals surface area contributed by atoms with E-state index >= 15 is 0 Å². The molecule has 1 N–H and O–H groups in total. The number of nitrogens with one attached hydrogen (secondary N) is 1. The Morgan fingerprint density at radius 1 is 0.962 bits per heavy atom. The molecule has 2 heterocycles. The average molecular weight is 343 g/mol. The highest BCUT2D eigenvalue weighted by molar-refractivity contribution is 6.07. The van der Waals surface area contributed by atoms with Crippen molar-refractivity contribution in [2.75, 3.05) is 12.4 Å². The summed E-state index contributed by atoms with van der Waals surface area (Å²) in [6, 6.07) is 22.7. The Morgan fingerprint density at radius 3 is 2.42 bits per heavy atom. The van der Waals surface area contributed by atoms with Crippen molar-refractivity contribution in [1.29, 1.82) is 0 Å². The summed E-state index contributed by atoms with van der Waals surface area (Å²) in [5.74, 6) is 0.485. The number of methoxy groups -OCH3 is 1. The lowest BCUT2D eigenvalue weighted by Gasteiger charge is -2.07. The van der Waals surface area contributed by atoms with Gasteiger partial charge in [-0.05, 0) is 36.4 Å². The van der Waals surface area contributed by atoms with Gasteiger partial charge >= 0.3 is 0 Å². The molecule has 5 nitrogen and oxygen atoms in total. The van der Waals surface area contributed by atoms with Crippen LogP contribution in [0.1, 0.15) is 10.5 Å². The molecule has 26 heavy (non-hydrogen) atoms. The molecule has 0 radical (unpaired) electrons. The van der Waals surface area contributed by atoms with Gasteiger partial charge in [-0.1, -0.05) is 36.4 Å². The van der Waals surface area contributed by atoms with Crippen LogP contribution in [-0.2, 0) is 0 Å². The van der Waals surface area contributed by atoms with Crippen LogP contribution >= 0.6 is 0 Å². The lowest BCUT2D eigenvalue weighted by molar-refractivity contribution is 0.102. The van der Waals surface area contributed by atoms with E-state index in [0.717, 1.165) is 22.7 Å². The lowest BCUT2D eigenvalue weighted by atomic mass is 10.1. The van der Waals surface area contributed by atoms with E-state index in [-0.39, 0.29) is 5.91 Å². The standard InChI is InChI=1S/C21H17N3O2/c1-26-17-12-10-16(11-13-17)22-21(25)19-20(15-7-3-2-4-8-15)24-14-6-5-9-18(24)23-19/h2-14H,1H3,(H,22,25). The molecule has 0 unspecified atom stereocenters. The molecule has 0 aliphatic carbocycles. The van der Waals surface area contributed by atoms with Gasteiger partial charge in [0.1, 0.15) is 11.4 Å². The molecule has 0 fully saturated rings. The van der Waals surface area contributed by atoms with Gasteiger partial charge in [-0.2, -0.15) is 0 Å². The summed E-state index contributed by atoms with van der Waals surface area (Å²) < 4.78 is 7.08. The zero-order valence-corrected chi connectivity index (χ0v) is 14.2. The second kappa shape index (κ2) is 6.72. The molecule has 0 aliphatic rings. The smallest absolute Gasteiger partial charge is 0.276 e. The van der Waals surface area contributed by atoms with E-state index < -0.39 is 0 Å². The fourth-order valence-corrected chi connectivity index (χ4v) is 2.89. The number of hydrogen-bond donors (Lipinski definition) is 1. The average Bonchev–Trinajstić information content (AvgIpc) is 3.09. The van der Waals surface area contributed by atoms with Crippen molar-refractivity contribution < 1.29 is 9.53 Å². The Kier molecular flexibility index (Phi) is 4.11. The van der Waals surface area contributed by atoms with E-state index in [2.05, 4.69) is 10.3 Å². The number of aromatic nitrogens is 2. The van der Waals surface area contributed by atoms with Crippen molar-refractivity contribution in [3.05, 3.63) is 84.7 Å². The third-order valence-electron chi connectivity index (χ3n) is 4.14. The number of ether oxygens (including phenoxy) is 1. The number of fused-ring (bicyclic) bond motifs is 1. The first-order valence-corrected chi connectivity index (χ1v) is 8.24. The number of hydrogen-bond acceptors (Lipinski definition) is 3. The van der Waals surface area contributed by atoms with Crippen LogP contribution in [0.4, 0.5) is 5.69 Å². The number of benzene rings is 2. The summed E-state index contributed by atoms with van der Waals surface area (Å²) in [6.45, 7) is 0. The monoisotopic (exact) mass is 343 g/mol. The zero-order valence-electron chi connectivity index (χ0n) is 14.2. The number of rotatable bonds is 4. The predicted molar refractivity (Wildman–Crippen MR) is 102 cm³/mol. The fraction of sp³-hybridized carbons (Fsp3) is 0.0476. The Hall–Kier alpha value is -3.60. The third kappa shape index (κ3) is 2.91. The number of nitrogens with zero attached hydrogens (tertiary/aromatic N) is 2. The molecule has 0 bridgehead atoms. The molecule has 128 valence electrons. The summed E-state index contributed by atoms with van der Waals surface area (Å²) in [4.78, 5) is 17.5. The number of carbonyl (C=O) groups excluding carboxylic acids is 1. The van der Waals surface area contributed by atoms with Crippen molar-refractivity contribution in [2.24, 2.45) is 0 Å². The second-order valence-electron chi connectivity index (χ2n) is 5.79. The van der Waals surface area contributed by atoms with Crippen LogP contribution in [0.25, 0.3) is 16.9 Å². The van der Waals surface area contributed by atoms with E-state index in [0.29, 0.717) is 11.4 Å². The van der Waals surface area contributed by atoms with Gasteiger partial charge in [0.2, 0.25) is 0 Å².